The first-order chi connectivity index (χ1) is 10.1. The van der Waals surface area contributed by atoms with E-state index in [0.717, 1.165) is 0 Å². The minimum Gasteiger partial charge on any atom is -0.391 e. The Morgan fingerprint density at radius 3 is 2.76 bits per heavy atom. The predicted molar refractivity (Wildman–Crippen MR) is 75.0 cm³/mol. The number of halogens is 1. The zero-order valence-electron chi connectivity index (χ0n) is 11.3. The summed E-state index contributed by atoms with van der Waals surface area (Å²) in [5.74, 6) is -0.520. The third kappa shape index (κ3) is 2.78. The van der Waals surface area contributed by atoms with Crippen molar-refractivity contribution < 1.29 is 14.3 Å². The zero-order valence-corrected chi connectivity index (χ0v) is 11.3. The monoisotopic (exact) mass is 286 g/mol. The summed E-state index contributed by atoms with van der Waals surface area (Å²) in [4.78, 5) is 18.0. The lowest BCUT2D eigenvalue weighted by Gasteiger charge is -2.24. The first-order valence-electron chi connectivity index (χ1n) is 6.79. The molecule has 0 saturated carbocycles. The van der Waals surface area contributed by atoms with Gasteiger partial charge in [-0.3, -0.25) is 9.78 Å². The highest BCUT2D eigenvalue weighted by atomic mass is 19.1. The van der Waals surface area contributed by atoms with Crippen LogP contribution in [-0.2, 0) is 0 Å². The van der Waals surface area contributed by atoms with Crippen LogP contribution in [0.3, 0.4) is 0 Å². The maximum absolute atomic E-state index is 13.4. The summed E-state index contributed by atoms with van der Waals surface area (Å²) < 4.78 is 13.4. The number of carbonyl (C=O) groups is 1. The molecule has 1 fully saturated rings. The van der Waals surface area contributed by atoms with Crippen molar-refractivity contribution >= 4 is 5.91 Å². The van der Waals surface area contributed by atoms with Crippen LogP contribution in [-0.4, -0.2) is 33.5 Å². The number of aliphatic hydroxyl groups is 1. The van der Waals surface area contributed by atoms with Crippen molar-refractivity contribution in [3.8, 4) is 0 Å². The third-order valence-corrected chi connectivity index (χ3v) is 3.70. The molecule has 0 radical (unpaired) electrons. The van der Waals surface area contributed by atoms with Crippen molar-refractivity contribution in [2.45, 2.75) is 18.6 Å². The lowest BCUT2D eigenvalue weighted by Crippen LogP contribution is -2.31. The van der Waals surface area contributed by atoms with Crippen molar-refractivity contribution in [3.05, 3.63) is 65.7 Å². The van der Waals surface area contributed by atoms with Crippen LogP contribution in [0.25, 0.3) is 0 Å². The highest BCUT2D eigenvalue weighted by Crippen LogP contribution is 2.33. The van der Waals surface area contributed by atoms with Crippen LogP contribution in [0.5, 0.6) is 0 Å². The second kappa shape index (κ2) is 5.61. The number of hydrogen-bond donors (Lipinski definition) is 1. The highest BCUT2D eigenvalue weighted by molar-refractivity contribution is 5.94. The quantitative estimate of drug-likeness (QED) is 0.920. The standard InChI is InChI=1S/C16H15FN2O2/c17-13-3-1-2-12(8-13)15-9-14(20)10-19(15)16(21)11-4-6-18-7-5-11/h1-8,14-15,20H,9-10H2/t14-,15-/m0/s1. The van der Waals surface area contributed by atoms with Gasteiger partial charge in [0, 0.05) is 24.5 Å². The topological polar surface area (TPSA) is 53.4 Å². The first-order valence-corrected chi connectivity index (χ1v) is 6.79. The van der Waals surface area contributed by atoms with Crippen molar-refractivity contribution in [1.29, 1.82) is 0 Å². The molecular formula is C16H15FN2O2. The minimum atomic E-state index is -0.593. The number of likely N-dealkylation sites (tertiary alicyclic amines) is 1. The van der Waals surface area contributed by atoms with Gasteiger partial charge in [0.05, 0.1) is 12.1 Å². The molecule has 3 rings (SSSR count). The Morgan fingerprint density at radius 1 is 1.29 bits per heavy atom. The molecule has 1 saturated heterocycles. The Kier molecular flexibility index (Phi) is 3.66. The summed E-state index contributed by atoms with van der Waals surface area (Å²) in [6.45, 7) is 0.252. The van der Waals surface area contributed by atoms with Crippen molar-refractivity contribution in [1.82, 2.24) is 9.88 Å². The second-order valence-electron chi connectivity index (χ2n) is 5.15. The smallest absolute Gasteiger partial charge is 0.254 e. The second-order valence-corrected chi connectivity index (χ2v) is 5.15. The molecule has 21 heavy (non-hydrogen) atoms. The molecule has 0 bridgehead atoms. The van der Waals surface area contributed by atoms with E-state index in [-0.39, 0.29) is 24.3 Å². The van der Waals surface area contributed by atoms with E-state index in [1.807, 2.05) is 0 Å². The van der Waals surface area contributed by atoms with E-state index in [2.05, 4.69) is 4.98 Å². The Bertz CT molecular complexity index is 648. The normalized spacial score (nSPS) is 21.5. The first kappa shape index (κ1) is 13.7. The summed E-state index contributed by atoms with van der Waals surface area (Å²) in [6, 6.07) is 9.13. The Morgan fingerprint density at radius 2 is 2.05 bits per heavy atom. The Labute approximate surface area is 121 Å². The summed E-state index contributed by atoms with van der Waals surface area (Å²) in [5.41, 5.74) is 1.22. The van der Waals surface area contributed by atoms with E-state index < -0.39 is 6.10 Å². The molecule has 0 aliphatic carbocycles. The molecule has 2 atom stereocenters. The van der Waals surface area contributed by atoms with Crippen LogP contribution in [0.2, 0.25) is 0 Å². The Hall–Kier alpha value is -2.27. The van der Waals surface area contributed by atoms with Crippen LogP contribution < -0.4 is 0 Å². The van der Waals surface area contributed by atoms with Gasteiger partial charge >= 0.3 is 0 Å². The molecule has 2 aromatic rings. The van der Waals surface area contributed by atoms with Gasteiger partial charge in [-0.15, -0.1) is 0 Å². The highest BCUT2D eigenvalue weighted by Gasteiger charge is 2.35. The van der Waals surface area contributed by atoms with Crippen LogP contribution in [0.4, 0.5) is 4.39 Å². The summed E-state index contributed by atoms with van der Waals surface area (Å²) in [6.07, 6.45) is 2.93. The minimum absolute atomic E-state index is 0.178. The van der Waals surface area contributed by atoms with Gasteiger partial charge in [0.2, 0.25) is 0 Å². The van der Waals surface area contributed by atoms with Crippen molar-refractivity contribution in [3.63, 3.8) is 0 Å². The fraction of sp³-hybridized carbons (Fsp3) is 0.250. The number of aromatic nitrogens is 1. The zero-order chi connectivity index (χ0) is 14.8. The molecule has 4 nitrogen and oxygen atoms in total. The van der Waals surface area contributed by atoms with Crippen LogP contribution in [0.15, 0.2) is 48.8 Å². The number of nitrogens with zero attached hydrogens (tertiary/aromatic N) is 2. The number of hydrogen-bond acceptors (Lipinski definition) is 3. The number of carbonyl (C=O) groups excluding carboxylic acids is 1. The lowest BCUT2D eigenvalue weighted by molar-refractivity contribution is 0.0715. The number of pyridine rings is 1. The van der Waals surface area contributed by atoms with Gasteiger partial charge in [-0.05, 0) is 36.2 Å². The van der Waals surface area contributed by atoms with Gasteiger partial charge in [-0.2, -0.15) is 0 Å². The van der Waals surface area contributed by atoms with Crippen molar-refractivity contribution in [2.24, 2.45) is 0 Å². The maximum Gasteiger partial charge on any atom is 0.254 e. The van der Waals surface area contributed by atoms with E-state index in [0.29, 0.717) is 17.5 Å². The fourth-order valence-corrected chi connectivity index (χ4v) is 2.73. The number of β-amino-alcohol motifs (C(OH)–C–C–N with tert-alkyl or cyclic N) is 1. The van der Waals surface area contributed by atoms with Gasteiger partial charge in [-0.25, -0.2) is 4.39 Å². The molecule has 1 aromatic heterocycles. The number of rotatable bonds is 2. The molecule has 1 N–H and O–H groups in total. The van der Waals surface area contributed by atoms with Crippen LogP contribution >= 0.6 is 0 Å². The Balaban J connectivity index is 1.91. The van der Waals surface area contributed by atoms with Gasteiger partial charge in [0.15, 0.2) is 0 Å². The summed E-state index contributed by atoms with van der Waals surface area (Å²) in [7, 11) is 0. The molecule has 2 heterocycles. The molecule has 0 spiro atoms. The van der Waals surface area contributed by atoms with E-state index in [9.17, 15) is 14.3 Å². The van der Waals surface area contributed by atoms with Gasteiger partial charge in [-0.1, -0.05) is 12.1 Å². The largest absolute Gasteiger partial charge is 0.391 e. The summed E-state index contributed by atoms with van der Waals surface area (Å²) >= 11 is 0. The number of amides is 1. The average Bonchev–Trinajstić information content (AvgIpc) is 2.89. The fourth-order valence-electron chi connectivity index (χ4n) is 2.73. The van der Waals surface area contributed by atoms with Crippen LogP contribution in [0, 0.1) is 5.82 Å². The average molecular weight is 286 g/mol. The molecule has 1 aliphatic rings. The van der Waals surface area contributed by atoms with Gasteiger partial charge in [0.25, 0.3) is 5.91 Å². The molecule has 1 amide bonds. The van der Waals surface area contributed by atoms with Crippen LogP contribution in [0.1, 0.15) is 28.4 Å². The SMILES string of the molecule is O=C(c1ccncc1)N1C[C@@H](O)C[C@H]1c1cccc(F)c1. The maximum atomic E-state index is 13.4. The molecular weight excluding hydrogens is 271 g/mol. The van der Waals surface area contributed by atoms with E-state index in [4.69, 9.17) is 0 Å². The number of benzene rings is 1. The molecule has 5 heteroatoms. The molecule has 0 unspecified atom stereocenters. The molecule has 1 aliphatic heterocycles. The van der Waals surface area contributed by atoms with Gasteiger partial charge < -0.3 is 10.0 Å². The van der Waals surface area contributed by atoms with Gasteiger partial charge in [0.1, 0.15) is 5.82 Å². The lowest BCUT2D eigenvalue weighted by atomic mass is 10.0. The third-order valence-electron chi connectivity index (χ3n) is 3.70. The molecule has 1 aromatic carbocycles. The molecule has 108 valence electrons. The van der Waals surface area contributed by atoms with E-state index >= 15 is 0 Å². The predicted octanol–water partition coefficient (Wildman–Crippen LogP) is 2.17. The van der Waals surface area contributed by atoms with E-state index in [1.165, 1.54) is 12.1 Å². The summed E-state index contributed by atoms with van der Waals surface area (Å²) in [5, 5.41) is 9.90. The number of aliphatic hydroxyl groups excluding tert-OH is 1. The van der Waals surface area contributed by atoms with E-state index in [1.54, 1.807) is 41.6 Å². The van der Waals surface area contributed by atoms with Crippen molar-refractivity contribution in [2.75, 3.05) is 6.54 Å².